The Kier molecular flexibility index (Phi) is 8.99. The Labute approximate surface area is 120 Å². The van der Waals surface area contributed by atoms with Crippen LogP contribution in [0, 0.1) is 79.8 Å². The number of nitrogens with zero attached hydrogens (tertiary/aromatic N) is 6. The van der Waals surface area contributed by atoms with Crippen molar-refractivity contribution in [3.63, 3.8) is 0 Å². The van der Waals surface area contributed by atoms with Crippen molar-refractivity contribution in [2.24, 2.45) is 11.8 Å². The molecule has 6 nitrogen and oxygen atoms in total. The molecule has 0 N–H and O–H groups in total. The van der Waals surface area contributed by atoms with Crippen LogP contribution in [0.25, 0.3) is 0 Å². The topological polar surface area (TPSA) is 143 Å². The molecule has 0 aliphatic rings. The van der Waals surface area contributed by atoms with E-state index in [0.29, 0.717) is 0 Å². The van der Waals surface area contributed by atoms with Crippen molar-refractivity contribution >= 4 is 0 Å². The Balaban J connectivity index is 0. The van der Waals surface area contributed by atoms with E-state index in [1.165, 1.54) is 36.4 Å². The second-order valence-electron chi connectivity index (χ2n) is 2.44. The van der Waals surface area contributed by atoms with Crippen molar-refractivity contribution in [1.82, 2.24) is 0 Å². The van der Waals surface area contributed by atoms with Gasteiger partial charge in [0.05, 0.1) is 24.3 Å². The number of hydrogen-bond acceptors (Lipinski definition) is 6. The molecule has 0 heterocycles. The van der Waals surface area contributed by atoms with Crippen molar-refractivity contribution in [3.05, 3.63) is 11.1 Å². The summed E-state index contributed by atoms with van der Waals surface area (Å²) >= 11 is 0. The summed E-state index contributed by atoms with van der Waals surface area (Å²) < 4.78 is 0. The van der Waals surface area contributed by atoms with E-state index < -0.39 is 17.4 Å². The van der Waals surface area contributed by atoms with Gasteiger partial charge in [-0.3, -0.25) is 0 Å². The molecule has 0 radical (unpaired) electrons. The molecule has 0 aromatic rings. The van der Waals surface area contributed by atoms with Gasteiger partial charge in [0.25, 0.3) is 0 Å². The van der Waals surface area contributed by atoms with Gasteiger partial charge in [0, 0.05) is 5.57 Å². The van der Waals surface area contributed by atoms with Gasteiger partial charge < -0.3 is 0 Å². The standard InChI is InChI=1S/C10H2N6.Na/c11-1-7(2-12)10(8(3-13)4-14)9(5-15)6-16;/h7-8H;/q;+1. The van der Waals surface area contributed by atoms with E-state index in [1.54, 1.807) is 0 Å². The first-order valence-corrected chi connectivity index (χ1v) is 3.82. The normalized spacial score (nSPS) is 7.06. The average Bonchev–Trinajstić information content (AvgIpc) is 2.33. The minimum absolute atomic E-state index is 0. The minimum Gasteiger partial charge on any atom is -0.197 e. The average molecular weight is 229 g/mol. The van der Waals surface area contributed by atoms with Crippen LogP contribution in [-0.2, 0) is 0 Å². The van der Waals surface area contributed by atoms with Gasteiger partial charge in [0.15, 0.2) is 11.8 Å². The summed E-state index contributed by atoms with van der Waals surface area (Å²) in [7, 11) is 0. The molecule has 0 fully saturated rings. The first-order valence-electron chi connectivity index (χ1n) is 3.82. The summed E-state index contributed by atoms with van der Waals surface area (Å²) in [6.45, 7) is 0. The van der Waals surface area contributed by atoms with Gasteiger partial charge in [-0.15, -0.1) is 0 Å². The summed E-state index contributed by atoms with van der Waals surface area (Å²) in [6.07, 6.45) is 0. The Morgan fingerprint density at radius 1 is 0.647 bits per heavy atom. The first kappa shape index (κ1) is 17.1. The molecule has 7 heteroatoms. The van der Waals surface area contributed by atoms with E-state index in [0.717, 1.165) is 0 Å². The van der Waals surface area contributed by atoms with E-state index in [-0.39, 0.29) is 35.1 Å². The summed E-state index contributed by atoms with van der Waals surface area (Å²) in [4.78, 5) is 0. The summed E-state index contributed by atoms with van der Waals surface area (Å²) in [5.74, 6) is -2.89. The molecule has 0 saturated heterocycles. The summed E-state index contributed by atoms with van der Waals surface area (Å²) in [5.41, 5.74) is -0.888. The Bertz CT molecular complexity index is 485. The molecule has 0 spiro atoms. The van der Waals surface area contributed by atoms with Gasteiger partial charge in [-0.25, -0.2) is 0 Å². The molecule has 0 bridgehead atoms. The largest absolute Gasteiger partial charge is 1.00 e. The number of rotatable bonds is 2. The smallest absolute Gasteiger partial charge is 0.197 e. The van der Waals surface area contributed by atoms with Crippen LogP contribution in [0.4, 0.5) is 0 Å². The molecule has 17 heavy (non-hydrogen) atoms. The molecular formula is C10H2N6Na+. The van der Waals surface area contributed by atoms with E-state index in [4.69, 9.17) is 31.6 Å². The van der Waals surface area contributed by atoms with Crippen LogP contribution in [0.3, 0.4) is 0 Å². The minimum atomic E-state index is -1.45. The van der Waals surface area contributed by atoms with Crippen LogP contribution >= 0.6 is 0 Å². The molecule has 0 aliphatic heterocycles. The number of nitriles is 6. The van der Waals surface area contributed by atoms with E-state index in [9.17, 15) is 0 Å². The Morgan fingerprint density at radius 3 is 1.12 bits per heavy atom. The maximum atomic E-state index is 8.63. The van der Waals surface area contributed by atoms with E-state index >= 15 is 0 Å². The third-order valence-corrected chi connectivity index (χ3v) is 1.65. The monoisotopic (exact) mass is 229 g/mol. The molecule has 0 unspecified atom stereocenters. The zero-order valence-electron chi connectivity index (χ0n) is 8.84. The van der Waals surface area contributed by atoms with E-state index in [2.05, 4.69) is 0 Å². The fourth-order valence-electron chi connectivity index (χ4n) is 0.945. The van der Waals surface area contributed by atoms with Crippen molar-refractivity contribution in [3.8, 4) is 36.4 Å². The zero-order valence-corrected chi connectivity index (χ0v) is 10.8. The second-order valence-corrected chi connectivity index (χ2v) is 2.44. The van der Waals surface area contributed by atoms with Gasteiger partial charge in [0.1, 0.15) is 17.7 Å². The fourth-order valence-corrected chi connectivity index (χ4v) is 0.945. The third-order valence-electron chi connectivity index (χ3n) is 1.65. The van der Waals surface area contributed by atoms with Crippen LogP contribution in [0.2, 0.25) is 0 Å². The summed E-state index contributed by atoms with van der Waals surface area (Å²) in [5, 5.41) is 51.7. The van der Waals surface area contributed by atoms with Crippen LogP contribution in [0.5, 0.6) is 0 Å². The molecule has 0 aliphatic carbocycles. The number of hydrogen-bond donors (Lipinski definition) is 0. The SMILES string of the molecule is N#CC(C#N)=C(C(C#N)C#N)C(C#N)C#N.[Na+]. The predicted octanol–water partition coefficient (Wildman–Crippen LogP) is -2.34. The van der Waals surface area contributed by atoms with Gasteiger partial charge in [-0.1, -0.05) is 0 Å². The van der Waals surface area contributed by atoms with Gasteiger partial charge in [-0.05, 0) is 0 Å². The quantitative estimate of drug-likeness (QED) is 0.383. The molecule has 0 amide bonds. The Hall–Kier alpha value is -2.32. The van der Waals surface area contributed by atoms with Crippen molar-refractivity contribution < 1.29 is 29.6 Å². The molecule has 72 valence electrons. The Morgan fingerprint density at radius 2 is 0.941 bits per heavy atom. The van der Waals surface area contributed by atoms with Gasteiger partial charge in [-0.2, -0.15) is 31.6 Å². The molecular weight excluding hydrogens is 227 g/mol. The van der Waals surface area contributed by atoms with E-state index in [1.807, 2.05) is 0 Å². The molecule has 0 atom stereocenters. The van der Waals surface area contributed by atoms with Crippen molar-refractivity contribution in [1.29, 1.82) is 31.6 Å². The molecule has 0 rings (SSSR count). The van der Waals surface area contributed by atoms with Crippen LogP contribution < -0.4 is 29.6 Å². The van der Waals surface area contributed by atoms with Crippen molar-refractivity contribution in [2.75, 3.05) is 0 Å². The fraction of sp³-hybridized carbons (Fsp3) is 0.200. The van der Waals surface area contributed by atoms with Crippen LogP contribution in [0.15, 0.2) is 11.1 Å². The third kappa shape index (κ3) is 3.97. The van der Waals surface area contributed by atoms with Crippen molar-refractivity contribution in [2.45, 2.75) is 0 Å². The van der Waals surface area contributed by atoms with Crippen LogP contribution in [-0.4, -0.2) is 0 Å². The molecule has 0 aromatic heterocycles. The van der Waals surface area contributed by atoms with Crippen LogP contribution in [0.1, 0.15) is 0 Å². The van der Waals surface area contributed by atoms with Gasteiger partial charge in [0.2, 0.25) is 0 Å². The second kappa shape index (κ2) is 8.95. The predicted molar refractivity (Wildman–Crippen MR) is 47.7 cm³/mol. The summed E-state index contributed by atoms with van der Waals surface area (Å²) in [6, 6.07) is 9.03. The van der Waals surface area contributed by atoms with Gasteiger partial charge >= 0.3 is 29.6 Å². The molecule has 0 saturated carbocycles. The maximum absolute atomic E-state index is 8.63. The zero-order chi connectivity index (χ0) is 12.6. The number of allylic oxidation sites excluding steroid dienone is 2. The first-order chi connectivity index (χ1) is 7.69. The molecule has 0 aromatic carbocycles. The maximum Gasteiger partial charge on any atom is 1.00 e.